The van der Waals surface area contributed by atoms with Crippen LogP contribution in [0.5, 0.6) is 5.75 Å². The van der Waals surface area contributed by atoms with Crippen LogP contribution in [0.25, 0.3) is 11.1 Å². The van der Waals surface area contributed by atoms with Crippen LogP contribution in [0.1, 0.15) is 12.1 Å². The molecule has 0 atom stereocenters. The number of carboxylic acids is 1. The minimum Gasteiger partial charge on any atom is -0.496 e. The van der Waals surface area contributed by atoms with Crippen molar-refractivity contribution in [1.29, 1.82) is 0 Å². The minimum absolute atomic E-state index is 0.0759. The summed E-state index contributed by atoms with van der Waals surface area (Å²) in [6.45, 7) is 0. The number of carbonyl (C=O) groups is 1. The molecule has 0 unspecified atom stereocenters. The molecule has 100 valence electrons. The Morgan fingerprint density at radius 2 is 2.32 bits per heavy atom. The maximum Gasteiger partial charge on any atom is 0.303 e. The van der Waals surface area contributed by atoms with Gasteiger partial charge in [-0.15, -0.1) is 0 Å². The predicted octanol–water partition coefficient (Wildman–Crippen LogP) is 2.87. The third-order valence-corrected chi connectivity index (χ3v) is 3.39. The molecule has 1 heterocycles. The van der Waals surface area contributed by atoms with E-state index in [4.69, 9.17) is 9.84 Å². The van der Waals surface area contributed by atoms with Gasteiger partial charge in [0, 0.05) is 17.7 Å². The maximum absolute atomic E-state index is 10.6. The summed E-state index contributed by atoms with van der Waals surface area (Å²) in [6, 6.07) is 5.69. The molecule has 0 radical (unpaired) electrons. The second kappa shape index (κ2) is 5.88. The quantitative estimate of drug-likeness (QED) is 0.886. The number of aryl methyl sites for hydroxylation is 1. The number of hydrogen-bond donors (Lipinski definition) is 2. The van der Waals surface area contributed by atoms with Crippen LogP contribution < -0.4 is 4.74 Å². The van der Waals surface area contributed by atoms with Gasteiger partial charge in [-0.25, -0.2) is 0 Å². The van der Waals surface area contributed by atoms with Crippen molar-refractivity contribution in [3.63, 3.8) is 0 Å². The van der Waals surface area contributed by atoms with Gasteiger partial charge in [0.05, 0.1) is 24.2 Å². The largest absolute Gasteiger partial charge is 0.496 e. The second-order valence-electron chi connectivity index (χ2n) is 4.01. The number of aromatic amines is 1. The number of methoxy groups -OCH3 is 1. The van der Waals surface area contributed by atoms with Crippen molar-refractivity contribution in [3.05, 3.63) is 34.6 Å². The Balaban J connectivity index is 2.29. The molecule has 0 aliphatic rings. The first-order chi connectivity index (χ1) is 9.11. The van der Waals surface area contributed by atoms with Gasteiger partial charge >= 0.3 is 5.97 Å². The molecule has 2 rings (SSSR count). The van der Waals surface area contributed by atoms with Crippen molar-refractivity contribution in [2.24, 2.45) is 0 Å². The number of halogens is 1. The summed E-state index contributed by atoms with van der Waals surface area (Å²) < 4.78 is 6.02. The van der Waals surface area contributed by atoms with Gasteiger partial charge in [0.1, 0.15) is 5.75 Å². The molecule has 1 aromatic heterocycles. The molecule has 2 N–H and O–H groups in total. The number of nitrogens with one attached hydrogen (secondary N) is 1. The van der Waals surface area contributed by atoms with E-state index < -0.39 is 5.97 Å². The van der Waals surface area contributed by atoms with E-state index in [1.165, 1.54) is 0 Å². The van der Waals surface area contributed by atoms with Gasteiger partial charge in [0.25, 0.3) is 0 Å². The first kappa shape index (κ1) is 13.6. The lowest BCUT2D eigenvalue weighted by Crippen LogP contribution is -1.99. The topological polar surface area (TPSA) is 75.2 Å². The van der Waals surface area contributed by atoms with Crippen molar-refractivity contribution in [2.75, 3.05) is 7.11 Å². The van der Waals surface area contributed by atoms with Crippen LogP contribution in [0.3, 0.4) is 0 Å². The molecular formula is C13H13BrN2O3. The Bertz CT molecular complexity index is 595. The van der Waals surface area contributed by atoms with Gasteiger partial charge in [0.2, 0.25) is 0 Å². The van der Waals surface area contributed by atoms with E-state index in [0.717, 1.165) is 27.0 Å². The number of rotatable bonds is 5. The Morgan fingerprint density at radius 3 is 2.95 bits per heavy atom. The summed E-state index contributed by atoms with van der Waals surface area (Å²) in [5.74, 6) is -0.0733. The highest BCUT2D eigenvalue weighted by molar-refractivity contribution is 9.10. The number of benzene rings is 1. The number of hydrogen-bond acceptors (Lipinski definition) is 3. The van der Waals surface area contributed by atoms with Gasteiger partial charge in [-0.3, -0.25) is 9.89 Å². The first-order valence-electron chi connectivity index (χ1n) is 5.69. The molecule has 0 fully saturated rings. The number of H-pyrrole nitrogens is 1. The van der Waals surface area contributed by atoms with Crippen molar-refractivity contribution in [1.82, 2.24) is 10.2 Å². The zero-order valence-electron chi connectivity index (χ0n) is 10.3. The van der Waals surface area contributed by atoms with Crippen LogP contribution >= 0.6 is 15.9 Å². The zero-order valence-corrected chi connectivity index (χ0v) is 11.9. The fraction of sp³-hybridized carbons (Fsp3) is 0.231. The fourth-order valence-corrected chi connectivity index (χ4v) is 2.36. The minimum atomic E-state index is -0.823. The number of carboxylic acid groups (broad SMARTS) is 1. The lowest BCUT2D eigenvalue weighted by atomic mass is 10.0. The molecule has 0 amide bonds. The molecule has 2 aromatic rings. The highest BCUT2D eigenvalue weighted by atomic mass is 79.9. The molecule has 0 saturated heterocycles. The molecule has 19 heavy (non-hydrogen) atoms. The van der Waals surface area contributed by atoms with E-state index in [2.05, 4.69) is 26.1 Å². The third kappa shape index (κ3) is 3.14. The zero-order chi connectivity index (χ0) is 13.8. The Labute approximate surface area is 118 Å². The van der Waals surface area contributed by atoms with E-state index in [0.29, 0.717) is 6.42 Å². The van der Waals surface area contributed by atoms with E-state index >= 15 is 0 Å². The standard InChI is InChI=1S/C13H13BrN2O3/c1-19-12-4-2-8(6-10(12)14)9-7-15-16-11(9)3-5-13(17)18/h2,4,6-7H,3,5H2,1H3,(H,15,16)(H,17,18). The highest BCUT2D eigenvalue weighted by Crippen LogP contribution is 2.31. The summed E-state index contributed by atoms with van der Waals surface area (Å²) in [5, 5.41) is 15.6. The third-order valence-electron chi connectivity index (χ3n) is 2.77. The molecule has 0 aliphatic heterocycles. The van der Waals surface area contributed by atoms with Gasteiger partial charge < -0.3 is 9.84 Å². The molecule has 0 aliphatic carbocycles. The number of ether oxygens (including phenoxy) is 1. The van der Waals surface area contributed by atoms with Crippen LogP contribution in [0.2, 0.25) is 0 Å². The number of aromatic nitrogens is 2. The molecular weight excluding hydrogens is 312 g/mol. The fourth-order valence-electron chi connectivity index (χ4n) is 1.82. The second-order valence-corrected chi connectivity index (χ2v) is 4.86. The smallest absolute Gasteiger partial charge is 0.303 e. The van der Waals surface area contributed by atoms with E-state index in [-0.39, 0.29) is 6.42 Å². The number of aliphatic carboxylic acids is 1. The van der Waals surface area contributed by atoms with Crippen molar-refractivity contribution in [2.45, 2.75) is 12.8 Å². The normalized spacial score (nSPS) is 10.4. The van der Waals surface area contributed by atoms with Gasteiger partial charge in [-0.05, 0) is 33.6 Å². The van der Waals surface area contributed by atoms with Crippen LogP contribution in [-0.4, -0.2) is 28.4 Å². The van der Waals surface area contributed by atoms with Gasteiger partial charge in [-0.1, -0.05) is 6.07 Å². The average Bonchev–Trinajstić information content (AvgIpc) is 2.84. The van der Waals surface area contributed by atoms with E-state index in [1.54, 1.807) is 13.3 Å². The summed E-state index contributed by atoms with van der Waals surface area (Å²) >= 11 is 3.43. The van der Waals surface area contributed by atoms with E-state index in [9.17, 15) is 4.79 Å². The average molecular weight is 325 g/mol. The van der Waals surface area contributed by atoms with Crippen LogP contribution in [-0.2, 0) is 11.2 Å². The van der Waals surface area contributed by atoms with Gasteiger partial charge in [0.15, 0.2) is 0 Å². The Hall–Kier alpha value is -1.82. The molecule has 0 spiro atoms. The van der Waals surface area contributed by atoms with Crippen LogP contribution in [0, 0.1) is 0 Å². The molecule has 1 aromatic carbocycles. The predicted molar refractivity (Wildman–Crippen MR) is 74.2 cm³/mol. The van der Waals surface area contributed by atoms with Crippen molar-refractivity contribution < 1.29 is 14.6 Å². The highest BCUT2D eigenvalue weighted by Gasteiger charge is 2.11. The Morgan fingerprint density at radius 1 is 1.53 bits per heavy atom. The summed E-state index contributed by atoms with van der Waals surface area (Å²) in [5.41, 5.74) is 2.69. The first-order valence-corrected chi connectivity index (χ1v) is 6.49. The van der Waals surface area contributed by atoms with E-state index in [1.807, 2.05) is 18.2 Å². The monoisotopic (exact) mass is 324 g/mol. The summed E-state index contributed by atoms with van der Waals surface area (Å²) in [4.78, 5) is 10.6. The van der Waals surface area contributed by atoms with Crippen LogP contribution in [0.4, 0.5) is 0 Å². The summed E-state index contributed by atoms with van der Waals surface area (Å²) in [7, 11) is 1.61. The lowest BCUT2D eigenvalue weighted by Gasteiger charge is -2.06. The van der Waals surface area contributed by atoms with Gasteiger partial charge in [-0.2, -0.15) is 5.10 Å². The molecule has 0 saturated carbocycles. The lowest BCUT2D eigenvalue weighted by molar-refractivity contribution is -0.136. The molecule has 5 nitrogen and oxygen atoms in total. The SMILES string of the molecule is COc1ccc(-c2cn[nH]c2CCC(=O)O)cc1Br. The van der Waals surface area contributed by atoms with Crippen molar-refractivity contribution in [3.8, 4) is 16.9 Å². The maximum atomic E-state index is 10.6. The number of nitrogens with zero attached hydrogens (tertiary/aromatic N) is 1. The molecule has 6 heteroatoms. The Kier molecular flexibility index (Phi) is 4.21. The summed E-state index contributed by atoms with van der Waals surface area (Å²) in [6.07, 6.45) is 2.20. The molecule has 0 bridgehead atoms. The van der Waals surface area contributed by atoms with Crippen LogP contribution in [0.15, 0.2) is 28.9 Å². The van der Waals surface area contributed by atoms with Crippen molar-refractivity contribution >= 4 is 21.9 Å².